The molecular weight excluding hydrogens is 198 g/mol. The van der Waals surface area contributed by atoms with Gasteiger partial charge in [-0.25, -0.2) is 4.98 Å². The number of hydrogen-bond acceptors (Lipinski definition) is 2. The third-order valence-corrected chi connectivity index (χ3v) is 2.69. The van der Waals surface area contributed by atoms with Crippen LogP contribution in [0.5, 0.6) is 0 Å². The highest BCUT2D eigenvalue weighted by molar-refractivity contribution is 5.40. The summed E-state index contributed by atoms with van der Waals surface area (Å²) < 4.78 is 2.02. The van der Waals surface area contributed by atoms with Gasteiger partial charge in [-0.05, 0) is 36.7 Å². The van der Waals surface area contributed by atoms with Crippen molar-refractivity contribution in [3.63, 3.8) is 0 Å². The lowest BCUT2D eigenvalue weighted by Gasteiger charge is -2.09. The van der Waals surface area contributed by atoms with E-state index in [1.54, 1.807) is 6.20 Å². The number of hydrogen-bond donors (Lipinski definition) is 1. The zero-order valence-electron chi connectivity index (χ0n) is 9.77. The summed E-state index contributed by atoms with van der Waals surface area (Å²) in [6.45, 7) is 6.21. The van der Waals surface area contributed by atoms with Crippen molar-refractivity contribution < 1.29 is 0 Å². The van der Waals surface area contributed by atoms with E-state index in [0.29, 0.717) is 0 Å². The van der Waals surface area contributed by atoms with Crippen molar-refractivity contribution in [2.24, 2.45) is 0 Å². The van der Waals surface area contributed by atoms with Crippen LogP contribution in [0.1, 0.15) is 18.1 Å². The Hall–Kier alpha value is -1.61. The van der Waals surface area contributed by atoms with Gasteiger partial charge in [-0.3, -0.25) is 0 Å². The molecule has 0 bridgehead atoms. The zero-order chi connectivity index (χ0) is 11.4. The van der Waals surface area contributed by atoms with Gasteiger partial charge in [0.15, 0.2) is 0 Å². The third kappa shape index (κ3) is 2.31. The highest BCUT2D eigenvalue weighted by Crippen LogP contribution is 2.14. The first-order chi connectivity index (χ1) is 7.81. The SMILES string of the molecule is CCNCc1ccc(-n2ccnc2)cc1C. The minimum absolute atomic E-state index is 0.937. The first-order valence-corrected chi connectivity index (χ1v) is 5.60. The second-order valence-corrected chi connectivity index (χ2v) is 3.86. The molecule has 0 atom stereocenters. The van der Waals surface area contributed by atoms with Crippen molar-refractivity contribution in [3.8, 4) is 5.69 Å². The van der Waals surface area contributed by atoms with Crippen LogP contribution in [0.4, 0.5) is 0 Å². The smallest absolute Gasteiger partial charge is 0.0991 e. The lowest BCUT2D eigenvalue weighted by atomic mass is 10.1. The van der Waals surface area contributed by atoms with E-state index >= 15 is 0 Å². The molecule has 0 radical (unpaired) electrons. The number of aryl methyl sites for hydroxylation is 1. The van der Waals surface area contributed by atoms with Gasteiger partial charge in [0.2, 0.25) is 0 Å². The molecule has 0 amide bonds. The molecule has 0 fully saturated rings. The number of aromatic nitrogens is 2. The van der Waals surface area contributed by atoms with Gasteiger partial charge < -0.3 is 9.88 Å². The van der Waals surface area contributed by atoms with E-state index in [-0.39, 0.29) is 0 Å². The number of rotatable bonds is 4. The van der Waals surface area contributed by atoms with Crippen molar-refractivity contribution in [2.75, 3.05) is 6.54 Å². The Balaban J connectivity index is 2.23. The molecule has 0 spiro atoms. The fraction of sp³-hybridized carbons (Fsp3) is 0.308. The van der Waals surface area contributed by atoms with Crippen LogP contribution in [0, 0.1) is 6.92 Å². The maximum absolute atomic E-state index is 4.05. The van der Waals surface area contributed by atoms with Gasteiger partial charge in [0.25, 0.3) is 0 Å². The Morgan fingerprint density at radius 1 is 1.38 bits per heavy atom. The molecule has 1 N–H and O–H groups in total. The Morgan fingerprint density at radius 2 is 2.25 bits per heavy atom. The molecule has 3 nitrogen and oxygen atoms in total. The van der Waals surface area contributed by atoms with Crippen molar-refractivity contribution in [1.29, 1.82) is 0 Å². The average Bonchev–Trinajstić information content (AvgIpc) is 2.81. The van der Waals surface area contributed by atoms with E-state index in [9.17, 15) is 0 Å². The van der Waals surface area contributed by atoms with E-state index in [4.69, 9.17) is 0 Å². The minimum Gasteiger partial charge on any atom is -0.313 e. The zero-order valence-corrected chi connectivity index (χ0v) is 9.77. The molecule has 2 rings (SSSR count). The van der Waals surface area contributed by atoms with Crippen molar-refractivity contribution in [2.45, 2.75) is 20.4 Å². The van der Waals surface area contributed by atoms with Gasteiger partial charge >= 0.3 is 0 Å². The predicted molar refractivity (Wildman–Crippen MR) is 65.7 cm³/mol. The van der Waals surface area contributed by atoms with Crippen LogP contribution >= 0.6 is 0 Å². The molecule has 0 saturated heterocycles. The van der Waals surface area contributed by atoms with Crippen molar-refractivity contribution in [3.05, 3.63) is 48.0 Å². The third-order valence-electron chi connectivity index (χ3n) is 2.69. The Bertz CT molecular complexity index is 446. The molecule has 3 heteroatoms. The molecule has 2 aromatic rings. The molecule has 0 saturated carbocycles. The standard InChI is InChI=1S/C13H17N3/c1-3-14-9-12-4-5-13(8-11(12)2)16-7-6-15-10-16/h4-8,10,14H,3,9H2,1-2H3. The van der Waals surface area contributed by atoms with Crippen LogP contribution in [0.15, 0.2) is 36.9 Å². The van der Waals surface area contributed by atoms with E-state index in [2.05, 4.69) is 42.3 Å². The normalized spacial score (nSPS) is 10.6. The van der Waals surface area contributed by atoms with Crippen molar-refractivity contribution >= 4 is 0 Å². The summed E-state index contributed by atoms with van der Waals surface area (Å²) in [7, 11) is 0. The monoisotopic (exact) mass is 215 g/mol. The van der Waals surface area contributed by atoms with Gasteiger partial charge in [0, 0.05) is 24.6 Å². The van der Waals surface area contributed by atoms with Gasteiger partial charge in [0.1, 0.15) is 0 Å². The van der Waals surface area contributed by atoms with Crippen LogP contribution in [-0.4, -0.2) is 16.1 Å². The summed E-state index contributed by atoms with van der Waals surface area (Å²) in [5.74, 6) is 0. The van der Waals surface area contributed by atoms with Gasteiger partial charge in [-0.15, -0.1) is 0 Å². The first kappa shape index (κ1) is 10.9. The van der Waals surface area contributed by atoms with Crippen LogP contribution < -0.4 is 5.32 Å². The molecule has 84 valence electrons. The van der Waals surface area contributed by atoms with Gasteiger partial charge in [-0.2, -0.15) is 0 Å². The van der Waals surface area contributed by atoms with Crippen LogP contribution in [0.25, 0.3) is 5.69 Å². The molecule has 0 aliphatic carbocycles. The lowest BCUT2D eigenvalue weighted by molar-refractivity contribution is 0.723. The number of nitrogens with zero attached hydrogens (tertiary/aromatic N) is 2. The topological polar surface area (TPSA) is 29.9 Å². The van der Waals surface area contributed by atoms with E-state index in [1.165, 1.54) is 11.1 Å². The molecule has 0 aliphatic heterocycles. The molecule has 0 unspecified atom stereocenters. The van der Waals surface area contributed by atoms with Gasteiger partial charge in [0.05, 0.1) is 6.33 Å². The summed E-state index contributed by atoms with van der Waals surface area (Å²) in [5.41, 5.74) is 3.83. The predicted octanol–water partition coefficient (Wildman–Crippen LogP) is 2.29. The Labute approximate surface area is 96.1 Å². The maximum atomic E-state index is 4.05. The number of benzene rings is 1. The number of imidazole rings is 1. The number of nitrogens with one attached hydrogen (secondary N) is 1. The lowest BCUT2D eigenvalue weighted by Crippen LogP contribution is -2.12. The van der Waals surface area contributed by atoms with E-state index in [1.807, 2.05) is 17.1 Å². The summed E-state index contributed by atoms with van der Waals surface area (Å²) >= 11 is 0. The summed E-state index contributed by atoms with van der Waals surface area (Å²) in [6.07, 6.45) is 5.57. The highest BCUT2D eigenvalue weighted by Gasteiger charge is 2.00. The van der Waals surface area contributed by atoms with Crippen LogP contribution in [0.2, 0.25) is 0 Å². The summed E-state index contributed by atoms with van der Waals surface area (Å²) in [4.78, 5) is 4.05. The summed E-state index contributed by atoms with van der Waals surface area (Å²) in [6, 6.07) is 6.49. The Morgan fingerprint density at radius 3 is 2.88 bits per heavy atom. The fourth-order valence-electron chi connectivity index (χ4n) is 1.71. The highest BCUT2D eigenvalue weighted by atomic mass is 15.0. The van der Waals surface area contributed by atoms with Gasteiger partial charge in [-0.1, -0.05) is 13.0 Å². The average molecular weight is 215 g/mol. The first-order valence-electron chi connectivity index (χ1n) is 5.60. The largest absolute Gasteiger partial charge is 0.313 e. The van der Waals surface area contributed by atoms with Crippen molar-refractivity contribution in [1.82, 2.24) is 14.9 Å². The second-order valence-electron chi connectivity index (χ2n) is 3.86. The molecule has 1 aromatic heterocycles. The van der Waals surface area contributed by atoms with Crippen LogP contribution in [-0.2, 0) is 6.54 Å². The van der Waals surface area contributed by atoms with Crippen LogP contribution in [0.3, 0.4) is 0 Å². The Kier molecular flexibility index (Phi) is 3.37. The minimum atomic E-state index is 0.937. The molecule has 0 aliphatic rings. The quantitative estimate of drug-likeness (QED) is 0.848. The van der Waals surface area contributed by atoms with E-state index < -0.39 is 0 Å². The fourth-order valence-corrected chi connectivity index (χ4v) is 1.71. The maximum Gasteiger partial charge on any atom is 0.0991 e. The molecule has 16 heavy (non-hydrogen) atoms. The van der Waals surface area contributed by atoms with E-state index in [0.717, 1.165) is 18.8 Å². The molecule has 1 aromatic carbocycles. The second kappa shape index (κ2) is 4.94. The molecule has 1 heterocycles. The molecular formula is C13H17N3. The summed E-state index contributed by atoms with van der Waals surface area (Å²) in [5, 5.41) is 3.34.